The van der Waals surface area contributed by atoms with Crippen molar-refractivity contribution in [3.05, 3.63) is 129 Å². The summed E-state index contributed by atoms with van der Waals surface area (Å²) in [6, 6.07) is 27.3. The number of benzene rings is 4. The Labute approximate surface area is 293 Å². The number of rotatable bonds is 12. The number of sulfonamides is 1. The molecule has 1 aliphatic carbocycles. The van der Waals surface area contributed by atoms with Crippen molar-refractivity contribution in [1.82, 2.24) is 10.2 Å². The lowest BCUT2D eigenvalue weighted by atomic mass is 9.94. The van der Waals surface area contributed by atoms with Crippen LogP contribution in [0.1, 0.15) is 54.4 Å². The van der Waals surface area contributed by atoms with E-state index in [1.54, 1.807) is 12.1 Å². The first-order valence-electron chi connectivity index (χ1n) is 16.2. The third-order valence-electron chi connectivity index (χ3n) is 8.72. The van der Waals surface area contributed by atoms with Gasteiger partial charge in [0.15, 0.2) is 0 Å². The van der Waals surface area contributed by atoms with Crippen LogP contribution in [0.5, 0.6) is 0 Å². The summed E-state index contributed by atoms with van der Waals surface area (Å²) >= 11 is 12.7. The summed E-state index contributed by atoms with van der Waals surface area (Å²) in [5, 5.41) is 3.67. The summed E-state index contributed by atoms with van der Waals surface area (Å²) in [6.45, 7) is 3.36. The van der Waals surface area contributed by atoms with E-state index in [0.717, 1.165) is 58.7 Å². The molecule has 0 radical (unpaired) electrons. The van der Waals surface area contributed by atoms with Gasteiger partial charge in [-0.25, -0.2) is 8.42 Å². The Morgan fingerprint density at radius 1 is 0.792 bits per heavy atom. The van der Waals surface area contributed by atoms with E-state index in [9.17, 15) is 18.0 Å². The van der Waals surface area contributed by atoms with E-state index in [1.165, 1.54) is 35.2 Å². The normalized spacial score (nSPS) is 14.2. The van der Waals surface area contributed by atoms with Crippen molar-refractivity contribution in [3.63, 3.8) is 0 Å². The van der Waals surface area contributed by atoms with Crippen LogP contribution < -0.4 is 9.62 Å². The SMILES string of the molecule is Cc1ccc(CN(C(=O)CN(c2cc(Cl)cc(Cl)c2)S(=O)(=O)c2ccc(C)cc2)[C@H](Cc2ccccc2)C(=O)NC2CCCCC2)cc1. The van der Waals surface area contributed by atoms with Crippen LogP contribution in [0.2, 0.25) is 10.0 Å². The predicted molar refractivity (Wildman–Crippen MR) is 193 cm³/mol. The fourth-order valence-electron chi connectivity index (χ4n) is 6.04. The maximum absolute atomic E-state index is 14.7. The highest BCUT2D eigenvalue weighted by atomic mass is 35.5. The van der Waals surface area contributed by atoms with Crippen molar-refractivity contribution in [2.24, 2.45) is 0 Å². The second-order valence-corrected chi connectivity index (χ2v) is 15.2. The second kappa shape index (κ2) is 16.0. The second-order valence-electron chi connectivity index (χ2n) is 12.5. The minimum atomic E-state index is -4.27. The molecule has 1 fully saturated rings. The molecule has 10 heteroatoms. The van der Waals surface area contributed by atoms with Crippen LogP contribution in [0.15, 0.2) is 102 Å². The number of amides is 2. The van der Waals surface area contributed by atoms with Gasteiger partial charge in [0, 0.05) is 29.1 Å². The lowest BCUT2D eigenvalue weighted by Gasteiger charge is -2.35. The van der Waals surface area contributed by atoms with E-state index in [4.69, 9.17) is 23.2 Å². The molecule has 4 aromatic carbocycles. The lowest BCUT2D eigenvalue weighted by Crippen LogP contribution is -2.55. The molecule has 1 N–H and O–H groups in total. The Morgan fingerprint density at radius 3 is 1.98 bits per heavy atom. The predicted octanol–water partition coefficient (Wildman–Crippen LogP) is 7.89. The summed E-state index contributed by atoms with van der Waals surface area (Å²) in [4.78, 5) is 30.5. The fraction of sp³-hybridized carbons (Fsp3) is 0.316. The molecule has 48 heavy (non-hydrogen) atoms. The Kier molecular flexibility index (Phi) is 11.8. The zero-order valence-corrected chi connectivity index (χ0v) is 29.6. The molecule has 0 aliphatic heterocycles. The summed E-state index contributed by atoms with van der Waals surface area (Å²) < 4.78 is 29.6. The first-order valence-corrected chi connectivity index (χ1v) is 18.4. The average molecular weight is 707 g/mol. The average Bonchev–Trinajstić information content (AvgIpc) is 3.06. The Bertz CT molecular complexity index is 1790. The Hall–Kier alpha value is -3.85. The third kappa shape index (κ3) is 9.19. The van der Waals surface area contributed by atoms with Crippen LogP contribution in [0, 0.1) is 13.8 Å². The Balaban J connectivity index is 1.58. The molecule has 0 spiro atoms. The van der Waals surface area contributed by atoms with Crippen LogP contribution in [0.3, 0.4) is 0 Å². The first-order chi connectivity index (χ1) is 23.0. The number of anilines is 1. The molecule has 0 heterocycles. The molecule has 0 aromatic heterocycles. The van der Waals surface area contributed by atoms with E-state index in [1.807, 2.05) is 68.4 Å². The molecule has 7 nitrogen and oxygen atoms in total. The molecule has 1 saturated carbocycles. The monoisotopic (exact) mass is 705 g/mol. The van der Waals surface area contributed by atoms with Gasteiger partial charge in [-0.15, -0.1) is 0 Å². The molecule has 0 bridgehead atoms. The van der Waals surface area contributed by atoms with Gasteiger partial charge >= 0.3 is 0 Å². The highest BCUT2D eigenvalue weighted by Gasteiger charge is 2.35. The van der Waals surface area contributed by atoms with E-state index in [0.29, 0.717) is 0 Å². The number of carbonyl (C=O) groups is 2. The van der Waals surface area contributed by atoms with Gasteiger partial charge in [-0.3, -0.25) is 13.9 Å². The number of nitrogens with zero attached hydrogens (tertiary/aromatic N) is 2. The number of carbonyl (C=O) groups excluding carboxylic acids is 2. The number of hydrogen-bond acceptors (Lipinski definition) is 4. The molecule has 5 rings (SSSR count). The minimum absolute atomic E-state index is 0.0120. The van der Waals surface area contributed by atoms with E-state index in [-0.39, 0.29) is 45.5 Å². The van der Waals surface area contributed by atoms with E-state index in [2.05, 4.69) is 5.32 Å². The highest BCUT2D eigenvalue weighted by Crippen LogP contribution is 2.30. The zero-order chi connectivity index (χ0) is 34.3. The number of halogens is 2. The number of hydrogen-bond donors (Lipinski definition) is 1. The summed E-state index contributed by atoms with van der Waals surface area (Å²) in [5.74, 6) is -0.799. The maximum Gasteiger partial charge on any atom is 0.264 e. The van der Waals surface area contributed by atoms with E-state index >= 15 is 0 Å². The molecule has 0 saturated heterocycles. The van der Waals surface area contributed by atoms with Gasteiger partial charge in [0.25, 0.3) is 10.0 Å². The fourth-order valence-corrected chi connectivity index (χ4v) is 7.95. The van der Waals surface area contributed by atoms with Gasteiger partial charge in [-0.05, 0) is 68.1 Å². The first kappa shape index (κ1) is 35.5. The zero-order valence-electron chi connectivity index (χ0n) is 27.2. The van der Waals surface area contributed by atoms with Crippen LogP contribution in [0.25, 0.3) is 0 Å². The lowest BCUT2D eigenvalue weighted by molar-refractivity contribution is -0.140. The molecular weight excluding hydrogens is 665 g/mol. The van der Waals surface area contributed by atoms with Crippen molar-refractivity contribution in [1.29, 1.82) is 0 Å². The van der Waals surface area contributed by atoms with Crippen molar-refractivity contribution in [2.45, 2.75) is 75.9 Å². The number of nitrogens with one attached hydrogen (secondary N) is 1. The largest absolute Gasteiger partial charge is 0.352 e. The minimum Gasteiger partial charge on any atom is -0.352 e. The molecular formula is C38H41Cl2N3O4S. The third-order valence-corrected chi connectivity index (χ3v) is 10.9. The van der Waals surface area contributed by atoms with Gasteiger partial charge < -0.3 is 10.2 Å². The molecule has 252 valence electrons. The van der Waals surface area contributed by atoms with Gasteiger partial charge in [-0.2, -0.15) is 0 Å². The van der Waals surface area contributed by atoms with Gasteiger partial charge in [0.1, 0.15) is 12.6 Å². The molecule has 0 unspecified atom stereocenters. The summed E-state index contributed by atoms with van der Waals surface area (Å²) in [7, 11) is -4.27. The van der Waals surface area contributed by atoms with Crippen molar-refractivity contribution in [2.75, 3.05) is 10.8 Å². The van der Waals surface area contributed by atoms with Crippen molar-refractivity contribution < 1.29 is 18.0 Å². The molecule has 4 aromatic rings. The van der Waals surface area contributed by atoms with E-state index < -0.39 is 28.5 Å². The van der Waals surface area contributed by atoms with Crippen LogP contribution >= 0.6 is 23.2 Å². The number of aryl methyl sites for hydroxylation is 2. The molecule has 2 amide bonds. The van der Waals surface area contributed by atoms with Gasteiger partial charge in [0.2, 0.25) is 11.8 Å². The van der Waals surface area contributed by atoms with Crippen molar-refractivity contribution >= 4 is 50.7 Å². The smallest absolute Gasteiger partial charge is 0.264 e. The quantitative estimate of drug-likeness (QED) is 0.162. The molecule has 1 atom stereocenters. The summed E-state index contributed by atoms with van der Waals surface area (Å²) in [6.07, 6.45) is 5.23. The summed E-state index contributed by atoms with van der Waals surface area (Å²) in [5.41, 5.74) is 3.79. The Morgan fingerprint density at radius 2 is 1.38 bits per heavy atom. The highest BCUT2D eigenvalue weighted by molar-refractivity contribution is 7.92. The van der Waals surface area contributed by atoms with Crippen LogP contribution in [0.4, 0.5) is 5.69 Å². The maximum atomic E-state index is 14.7. The topological polar surface area (TPSA) is 86.8 Å². The molecule has 1 aliphatic rings. The van der Waals surface area contributed by atoms with Crippen LogP contribution in [-0.4, -0.2) is 43.8 Å². The van der Waals surface area contributed by atoms with Crippen molar-refractivity contribution in [3.8, 4) is 0 Å². The van der Waals surface area contributed by atoms with Crippen LogP contribution in [-0.2, 0) is 32.6 Å². The van der Waals surface area contributed by atoms with Gasteiger partial charge in [-0.1, -0.05) is 120 Å². The standard InChI is InChI=1S/C38H41Cl2N3O4S/c1-27-13-17-30(18-14-27)25-42(36(21-29-9-5-3-6-10-29)38(45)41-33-11-7-4-8-12-33)37(44)26-43(34-23-31(39)22-32(40)24-34)48(46,47)35-19-15-28(2)16-20-35/h3,5-6,9-10,13-20,22-24,33,36H,4,7-8,11-12,21,25-26H2,1-2H3,(H,41,45)/t36-/m1/s1. The van der Waals surface area contributed by atoms with Gasteiger partial charge in [0.05, 0.1) is 10.6 Å².